The molecule has 0 fully saturated rings. The van der Waals surface area contributed by atoms with E-state index in [2.05, 4.69) is 12.1 Å². The number of carbonyl (C=O) groups is 1. The Hall–Kier alpha value is -2.78. The third-order valence-electron chi connectivity index (χ3n) is 4.66. The number of hydrogen-bond acceptors (Lipinski definition) is 2. The Morgan fingerprint density at radius 1 is 0.964 bits per heavy atom. The van der Waals surface area contributed by atoms with Gasteiger partial charge in [0.2, 0.25) is 0 Å². The summed E-state index contributed by atoms with van der Waals surface area (Å²) in [5.41, 5.74) is 2.85. The third kappa shape index (κ3) is 5.61. The number of aliphatic carboxylic acids is 1. The van der Waals surface area contributed by atoms with Crippen molar-refractivity contribution in [3.05, 3.63) is 101 Å². The molecule has 1 N–H and O–H groups in total. The number of benzene rings is 3. The third-order valence-corrected chi connectivity index (χ3v) is 4.89. The first-order chi connectivity index (χ1) is 13.6. The van der Waals surface area contributed by atoms with Gasteiger partial charge in [0.05, 0.1) is 12.5 Å². The molecule has 144 valence electrons. The van der Waals surface area contributed by atoms with Crippen molar-refractivity contribution in [2.45, 2.75) is 25.2 Å². The van der Waals surface area contributed by atoms with Gasteiger partial charge in [-0.05, 0) is 54.2 Å². The van der Waals surface area contributed by atoms with Crippen LogP contribution in [0.2, 0.25) is 5.02 Å². The summed E-state index contributed by atoms with van der Waals surface area (Å²) in [6.45, 7) is 0.562. The molecule has 0 aromatic heterocycles. The molecule has 0 aliphatic carbocycles. The van der Waals surface area contributed by atoms with Gasteiger partial charge in [-0.3, -0.25) is 4.79 Å². The molecule has 0 amide bonds. The second-order valence-electron chi connectivity index (χ2n) is 6.70. The lowest BCUT2D eigenvalue weighted by molar-refractivity contribution is -0.138. The normalized spacial score (nSPS) is 11.8. The summed E-state index contributed by atoms with van der Waals surface area (Å²) >= 11 is 6.16. The fourth-order valence-electron chi connectivity index (χ4n) is 3.20. The van der Waals surface area contributed by atoms with Crippen molar-refractivity contribution in [2.24, 2.45) is 0 Å². The highest BCUT2D eigenvalue weighted by Crippen LogP contribution is 2.29. The lowest BCUT2D eigenvalue weighted by atomic mass is 9.91. The zero-order valence-corrected chi connectivity index (χ0v) is 16.3. The minimum atomic E-state index is -0.860. The molecule has 0 saturated heterocycles. The predicted molar refractivity (Wildman–Crippen MR) is 112 cm³/mol. The molecule has 0 heterocycles. The van der Waals surface area contributed by atoms with Gasteiger partial charge in [-0.1, -0.05) is 72.3 Å². The Bertz CT molecular complexity index is 894. The minimum Gasteiger partial charge on any atom is -0.493 e. The summed E-state index contributed by atoms with van der Waals surface area (Å²) in [5.74, 6) is -0.813. The summed E-state index contributed by atoms with van der Waals surface area (Å²) in [5, 5.41) is 10.3. The summed E-state index contributed by atoms with van der Waals surface area (Å²) < 4.78 is 5.98. The molecule has 0 saturated carbocycles. The van der Waals surface area contributed by atoms with Crippen molar-refractivity contribution < 1.29 is 14.6 Å². The highest BCUT2D eigenvalue weighted by atomic mass is 35.5. The average molecular weight is 395 g/mol. The molecule has 3 nitrogen and oxygen atoms in total. The first-order valence-electron chi connectivity index (χ1n) is 9.36. The van der Waals surface area contributed by atoms with Crippen LogP contribution in [0.4, 0.5) is 0 Å². The van der Waals surface area contributed by atoms with Crippen LogP contribution in [-0.4, -0.2) is 17.7 Å². The zero-order valence-electron chi connectivity index (χ0n) is 15.6. The van der Waals surface area contributed by atoms with E-state index in [9.17, 15) is 9.90 Å². The van der Waals surface area contributed by atoms with Gasteiger partial charge in [-0.25, -0.2) is 0 Å². The van der Waals surface area contributed by atoms with Crippen LogP contribution in [0.3, 0.4) is 0 Å². The number of ether oxygens (including phenoxy) is 1. The highest BCUT2D eigenvalue weighted by Gasteiger charge is 2.22. The monoisotopic (exact) mass is 394 g/mol. The lowest BCUT2D eigenvalue weighted by Gasteiger charge is -2.17. The topological polar surface area (TPSA) is 46.5 Å². The molecule has 28 heavy (non-hydrogen) atoms. The van der Waals surface area contributed by atoms with Crippen molar-refractivity contribution in [2.75, 3.05) is 6.61 Å². The first-order valence-corrected chi connectivity index (χ1v) is 9.74. The van der Waals surface area contributed by atoms with E-state index in [-0.39, 0.29) is 0 Å². The van der Waals surface area contributed by atoms with Crippen molar-refractivity contribution in [3.63, 3.8) is 0 Å². The predicted octanol–water partition coefficient (Wildman–Crippen LogP) is 5.76. The summed E-state index contributed by atoms with van der Waals surface area (Å²) in [6, 6.07) is 24.9. The molecule has 1 atom stereocenters. The number of carboxylic acid groups (broad SMARTS) is 1. The van der Waals surface area contributed by atoms with Gasteiger partial charge in [-0.2, -0.15) is 0 Å². The van der Waals surface area contributed by atoms with Crippen LogP contribution in [0.25, 0.3) is 0 Å². The Morgan fingerprint density at radius 3 is 2.32 bits per heavy atom. The number of aryl methyl sites for hydroxylation is 1. The maximum absolute atomic E-state index is 11.8. The van der Waals surface area contributed by atoms with Crippen LogP contribution in [0.1, 0.15) is 29.0 Å². The van der Waals surface area contributed by atoms with E-state index < -0.39 is 11.9 Å². The van der Waals surface area contributed by atoms with Gasteiger partial charge in [0.15, 0.2) is 0 Å². The Balaban J connectivity index is 1.68. The van der Waals surface area contributed by atoms with Crippen LogP contribution in [0.15, 0.2) is 78.9 Å². The Kier molecular flexibility index (Phi) is 7.10. The van der Waals surface area contributed by atoms with Gasteiger partial charge >= 0.3 is 5.97 Å². The average Bonchev–Trinajstić information content (AvgIpc) is 2.72. The molecule has 4 heteroatoms. The molecule has 0 aliphatic rings. The maximum Gasteiger partial charge on any atom is 0.311 e. The van der Waals surface area contributed by atoms with Crippen LogP contribution in [0.5, 0.6) is 5.75 Å². The summed E-state index contributed by atoms with van der Waals surface area (Å²) in [4.78, 5) is 11.8. The van der Waals surface area contributed by atoms with Gasteiger partial charge in [0.25, 0.3) is 0 Å². The van der Waals surface area contributed by atoms with Crippen molar-refractivity contribution in [1.29, 1.82) is 0 Å². The standard InChI is InChI=1S/C24H23ClO3/c25-21-13-14-23(28-15-7-10-18-8-3-1-4-9-18)20(16-21)17-22(24(26)27)19-11-5-2-6-12-19/h1-6,8-9,11-14,16,22H,7,10,15,17H2,(H,26,27). The number of rotatable bonds is 9. The van der Waals surface area contributed by atoms with E-state index in [0.717, 1.165) is 24.0 Å². The Morgan fingerprint density at radius 2 is 1.64 bits per heavy atom. The molecular weight excluding hydrogens is 372 g/mol. The molecule has 0 aliphatic heterocycles. The van der Waals surface area contributed by atoms with Gasteiger partial charge in [0.1, 0.15) is 5.75 Å². The number of halogens is 1. The SMILES string of the molecule is O=C(O)C(Cc1cc(Cl)ccc1OCCCc1ccccc1)c1ccccc1. The molecule has 0 spiro atoms. The lowest BCUT2D eigenvalue weighted by Crippen LogP contribution is -2.15. The van der Waals surface area contributed by atoms with E-state index in [4.69, 9.17) is 16.3 Å². The second kappa shape index (κ2) is 9.95. The van der Waals surface area contributed by atoms with Crippen molar-refractivity contribution >= 4 is 17.6 Å². The van der Waals surface area contributed by atoms with E-state index >= 15 is 0 Å². The minimum absolute atomic E-state index is 0.327. The van der Waals surface area contributed by atoms with Gasteiger partial charge < -0.3 is 9.84 Å². The molecule has 3 aromatic carbocycles. The molecule has 1 unspecified atom stereocenters. The largest absolute Gasteiger partial charge is 0.493 e. The smallest absolute Gasteiger partial charge is 0.311 e. The molecule has 0 bridgehead atoms. The second-order valence-corrected chi connectivity index (χ2v) is 7.13. The van der Waals surface area contributed by atoms with Gasteiger partial charge in [-0.15, -0.1) is 0 Å². The van der Waals surface area contributed by atoms with Crippen LogP contribution >= 0.6 is 11.6 Å². The molecule has 0 radical (unpaired) electrons. The summed E-state index contributed by atoms with van der Waals surface area (Å²) in [6.07, 6.45) is 2.15. The van der Waals surface area contributed by atoms with E-state index in [1.807, 2.05) is 54.6 Å². The summed E-state index contributed by atoms with van der Waals surface area (Å²) in [7, 11) is 0. The Labute approximate surface area is 170 Å². The van der Waals surface area contributed by atoms with Crippen LogP contribution in [-0.2, 0) is 17.6 Å². The van der Waals surface area contributed by atoms with E-state index in [1.54, 1.807) is 12.1 Å². The quantitative estimate of drug-likeness (QED) is 0.469. The zero-order chi connectivity index (χ0) is 19.8. The fourth-order valence-corrected chi connectivity index (χ4v) is 3.40. The van der Waals surface area contributed by atoms with Crippen molar-refractivity contribution in [3.8, 4) is 5.75 Å². The highest BCUT2D eigenvalue weighted by molar-refractivity contribution is 6.30. The molecule has 3 aromatic rings. The number of hydrogen-bond donors (Lipinski definition) is 1. The maximum atomic E-state index is 11.8. The van der Waals surface area contributed by atoms with E-state index in [0.29, 0.717) is 23.8 Å². The van der Waals surface area contributed by atoms with Gasteiger partial charge in [0, 0.05) is 5.02 Å². The van der Waals surface area contributed by atoms with Crippen LogP contribution in [0, 0.1) is 0 Å². The number of carboxylic acids is 1. The molecular formula is C24H23ClO3. The first kappa shape index (κ1) is 20.0. The van der Waals surface area contributed by atoms with Crippen LogP contribution < -0.4 is 4.74 Å². The fraction of sp³-hybridized carbons (Fsp3) is 0.208. The van der Waals surface area contributed by atoms with E-state index in [1.165, 1.54) is 5.56 Å². The molecule has 3 rings (SSSR count). The van der Waals surface area contributed by atoms with Crippen molar-refractivity contribution in [1.82, 2.24) is 0 Å².